The molecule has 1 atom stereocenters. The third kappa shape index (κ3) is 4.08. The van der Waals surface area contributed by atoms with Crippen LogP contribution in [0.2, 0.25) is 0 Å². The number of anilines is 1. The zero-order valence-electron chi connectivity index (χ0n) is 11.2. The van der Waals surface area contributed by atoms with E-state index in [2.05, 4.69) is 10.3 Å². The molecule has 0 aliphatic heterocycles. The monoisotopic (exact) mass is 287 g/mol. The molecule has 0 fully saturated rings. The summed E-state index contributed by atoms with van der Waals surface area (Å²) in [5, 5.41) is 2.87. The van der Waals surface area contributed by atoms with Crippen LogP contribution in [-0.4, -0.2) is 17.4 Å². The minimum atomic E-state index is -0.0706. The van der Waals surface area contributed by atoms with Gasteiger partial charge in [-0.3, -0.25) is 9.78 Å². The van der Waals surface area contributed by atoms with E-state index in [1.165, 1.54) is 6.92 Å². The molecule has 1 amide bonds. The Morgan fingerprint density at radius 2 is 2.05 bits per heavy atom. The van der Waals surface area contributed by atoms with Gasteiger partial charge in [0.15, 0.2) is 0 Å². The number of hydrogen-bond donors (Lipinski definition) is 2. The molecule has 0 saturated heterocycles. The van der Waals surface area contributed by atoms with Gasteiger partial charge >= 0.3 is 0 Å². The number of nitrogens with two attached hydrogens (primary N) is 1. The third-order valence-electron chi connectivity index (χ3n) is 2.68. The van der Waals surface area contributed by atoms with E-state index in [9.17, 15) is 4.79 Å². The maximum absolute atomic E-state index is 11.0. The standard InChI is InChI=1S/C15H17N3OS/c1-11(19)18-12-5-7-13(8-6-12)20-15(10-16)14-4-2-3-9-17-14/h2-9,15H,10,16H2,1H3,(H,18,19). The molecule has 0 spiro atoms. The van der Waals surface area contributed by atoms with Gasteiger partial charge in [-0.25, -0.2) is 0 Å². The molecule has 5 heteroatoms. The first-order valence-corrected chi connectivity index (χ1v) is 7.22. The number of rotatable bonds is 5. The van der Waals surface area contributed by atoms with Crippen LogP contribution >= 0.6 is 11.8 Å². The highest BCUT2D eigenvalue weighted by Crippen LogP contribution is 2.33. The molecule has 1 heterocycles. The van der Waals surface area contributed by atoms with Crippen molar-refractivity contribution >= 4 is 23.4 Å². The zero-order chi connectivity index (χ0) is 14.4. The number of nitrogens with zero attached hydrogens (tertiary/aromatic N) is 1. The average Bonchev–Trinajstić information content (AvgIpc) is 2.47. The van der Waals surface area contributed by atoms with Gasteiger partial charge in [0.2, 0.25) is 5.91 Å². The van der Waals surface area contributed by atoms with Crippen LogP contribution in [0.1, 0.15) is 17.9 Å². The van der Waals surface area contributed by atoms with Gasteiger partial charge < -0.3 is 11.1 Å². The van der Waals surface area contributed by atoms with Crippen LogP contribution < -0.4 is 11.1 Å². The highest BCUT2D eigenvalue weighted by Gasteiger charge is 2.12. The number of amides is 1. The molecule has 20 heavy (non-hydrogen) atoms. The number of benzene rings is 1. The molecule has 4 nitrogen and oxygen atoms in total. The summed E-state index contributed by atoms with van der Waals surface area (Å²) in [7, 11) is 0. The van der Waals surface area contributed by atoms with Crippen LogP contribution in [0, 0.1) is 0 Å². The fraction of sp³-hybridized carbons (Fsp3) is 0.200. The van der Waals surface area contributed by atoms with E-state index in [0.717, 1.165) is 16.3 Å². The molecular formula is C15H17N3OS. The summed E-state index contributed by atoms with van der Waals surface area (Å²) in [6.45, 7) is 2.02. The van der Waals surface area contributed by atoms with Crippen LogP contribution in [0.3, 0.4) is 0 Å². The number of hydrogen-bond acceptors (Lipinski definition) is 4. The molecule has 3 N–H and O–H groups in total. The Balaban J connectivity index is 2.06. The Labute approximate surface area is 122 Å². The van der Waals surface area contributed by atoms with Gasteiger partial charge in [0, 0.05) is 30.2 Å². The Morgan fingerprint density at radius 3 is 2.60 bits per heavy atom. The Morgan fingerprint density at radius 1 is 1.30 bits per heavy atom. The first-order chi connectivity index (χ1) is 9.69. The summed E-state index contributed by atoms with van der Waals surface area (Å²) in [5.74, 6) is -0.0706. The van der Waals surface area contributed by atoms with Crippen LogP contribution in [0.4, 0.5) is 5.69 Å². The second kappa shape index (κ2) is 7.07. The smallest absolute Gasteiger partial charge is 0.221 e. The summed E-state index contributed by atoms with van der Waals surface area (Å²) in [6, 6.07) is 13.6. The molecule has 1 aromatic carbocycles. The maximum Gasteiger partial charge on any atom is 0.221 e. The Hall–Kier alpha value is -1.85. The zero-order valence-corrected chi connectivity index (χ0v) is 12.1. The molecule has 104 valence electrons. The topological polar surface area (TPSA) is 68.0 Å². The maximum atomic E-state index is 11.0. The molecule has 0 saturated carbocycles. The largest absolute Gasteiger partial charge is 0.329 e. The number of carbonyl (C=O) groups excluding carboxylic acids is 1. The lowest BCUT2D eigenvalue weighted by Gasteiger charge is -2.14. The molecule has 0 aliphatic rings. The van der Waals surface area contributed by atoms with Gasteiger partial charge in [-0.2, -0.15) is 0 Å². The van der Waals surface area contributed by atoms with E-state index >= 15 is 0 Å². The predicted molar refractivity (Wildman–Crippen MR) is 82.6 cm³/mol. The lowest BCUT2D eigenvalue weighted by atomic mass is 10.3. The van der Waals surface area contributed by atoms with E-state index in [1.807, 2.05) is 42.5 Å². The van der Waals surface area contributed by atoms with E-state index in [4.69, 9.17) is 5.73 Å². The van der Waals surface area contributed by atoms with Crippen molar-refractivity contribution in [2.24, 2.45) is 5.73 Å². The van der Waals surface area contributed by atoms with Gasteiger partial charge in [0.25, 0.3) is 0 Å². The minimum absolute atomic E-state index is 0.0706. The van der Waals surface area contributed by atoms with Crippen LogP contribution in [0.25, 0.3) is 0 Å². The van der Waals surface area contributed by atoms with E-state index in [-0.39, 0.29) is 11.2 Å². The summed E-state index contributed by atoms with van der Waals surface area (Å²) in [4.78, 5) is 16.4. The van der Waals surface area contributed by atoms with Gasteiger partial charge in [0.1, 0.15) is 0 Å². The number of thioether (sulfide) groups is 1. The fourth-order valence-electron chi connectivity index (χ4n) is 1.78. The van der Waals surface area contributed by atoms with Crippen LogP contribution in [0.15, 0.2) is 53.6 Å². The second-order valence-electron chi connectivity index (χ2n) is 4.30. The average molecular weight is 287 g/mol. The van der Waals surface area contributed by atoms with Crippen molar-refractivity contribution in [2.45, 2.75) is 17.1 Å². The lowest BCUT2D eigenvalue weighted by Crippen LogP contribution is -2.10. The van der Waals surface area contributed by atoms with Crippen molar-refractivity contribution in [3.8, 4) is 0 Å². The quantitative estimate of drug-likeness (QED) is 0.830. The molecular weight excluding hydrogens is 270 g/mol. The van der Waals surface area contributed by atoms with Crippen molar-refractivity contribution in [1.29, 1.82) is 0 Å². The summed E-state index contributed by atoms with van der Waals surface area (Å²) in [5.41, 5.74) is 7.60. The predicted octanol–water partition coefficient (Wildman–Crippen LogP) is 2.83. The summed E-state index contributed by atoms with van der Waals surface area (Å²) < 4.78 is 0. The SMILES string of the molecule is CC(=O)Nc1ccc(SC(CN)c2ccccn2)cc1. The van der Waals surface area contributed by atoms with E-state index < -0.39 is 0 Å². The second-order valence-corrected chi connectivity index (χ2v) is 5.58. The highest BCUT2D eigenvalue weighted by atomic mass is 32.2. The lowest BCUT2D eigenvalue weighted by molar-refractivity contribution is -0.114. The molecule has 0 radical (unpaired) electrons. The number of carbonyl (C=O) groups is 1. The van der Waals surface area contributed by atoms with Gasteiger partial charge in [-0.15, -0.1) is 11.8 Å². The highest BCUT2D eigenvalue weighted by molar-refractivity contribution is 7.99. The number of nitrogens with one attached hydrogen (secondary N) is 1. The molecule has 0 aliphatic carbocycles. The van der Waals surface area contributed by atoms with Crippen LogP contribution in [-0.2, 0) is 4.79 Å². The molecule has 1 unspecified atom stereocenters. The van der Waals surface area contributed by atoms with E-state index in [1.54, 1.807) is 18.0 Å². The van der Waals surface area contributed by atoms with Crippen molar-refractivity contribution < 1.29 is 4.79 Å². The van der Waals surface area contributed by atoms with Crippen molar-refractivity contribution in [3.63, 3.8) is 0 Å². The molecule has 2 aromatic rings. The first kappa shape index (κ1) is 14.6. The molecule has 0 bridgehead atoms. The Kier molecular flexibility index (Phi) is 5.15. The first-order valence-electron chi connectivity index (χ1n) is 6.34. The molecule has 1 aromatic heterocycles. The van der Waals surface area contributed by atoms with Crippen LogP contribution in [0.5, 0.6) is 0 Å². The molecule has 2 rings (SSSR count). The minimum Gasteiger partial charge on any atom is -0.329 e. The van der Waals surface area contributed by atoms with Gasteiger partial charge in [0.05, 0.1) is 10.9 Å². The summed E-state index contributed by atoms with van der Waals surface area (Å²) >= 11 is 1.67. The van der Waals surface area contributed by atoms with Gasteiger partial charge in [-0.05, 0) is 36.4 Å². The van der Waals surface area contributed by atoms with Crippen molar-refractivity contribution in [2.75, 3.05) is 11.9 Å². The summed E-state index contributed by atoms with van der Waals surface area (Å²) in [6.07, 6.45) is 1.78. The van der Waals surface area contributed by atoms with Gasteiger partial charge in [-0.1, -0.05) is 6.07 Å². The van der Waals surface area contributed by atoms with E-state index in [0.29, 0.717) is 6.54 Å². The normalized spacial score (nSPS) is 11.9. The van der Waals surface area contributed by atoms with Crippen molar-refractivity contribution in [1.82, 2.24) is 4.98 Å². The third-order valence-corrected chi connectivity index (χ3v) is 3.95. The number of pyridine rings is 1. The van der Waals surface area contributed by atoms with Crippen molar-refractivity contribution in [3.05, 3.63) is 54.4 Å². The fourth-order valence-corrected chi connectivity index (χ4v) is 2.76. The Bertz CT molecular complexity index is 557. The number of aromatic nitrogens is 1.